The molecule has 0 spiro atoms. The van der Waals surface area contributed by atoms with Crippen LogP contribution in [0.25, 0.3) is 5.69 Å². The Bertz CT molecular complexity index is 1680. The van der Waals surface area contributed by atoms with Crippen LogP contribution in [0.1, 0.15) is 75.3 Å². The van der Waals surface area contributed by atoms with Gasteiger partial charge in [-0.3, -0.25) is 10.1 Å². The molecule has 1 aromatic heterocycles. The smallest absolute Gasteiger partial charge is 0.324 e. The van der Waals surface area contributed by atoms with Crippen LogP contribution in [0.15, 0.2) is 78.9 Å². The zero-order valence-corrected chi connectivity index (χ0v) is 27.2. The first-order chi connectivity index (χ1) is 22.0. The highest BCUT2D eigenvalue weighted by Crippen LogP contribution is 2.40. The molecule has 240 valence electrons. The van der Waals surface area contributed by atoms with Gasteiger partial charge in [-0.15, -0.1) is 0 Å². The number of anilines is 2. The third-order valence-electron chi connectivity index (χ3n) is 9.37. The van der Waals surface area contributed by atoms with E-state index in [2.05, 4.69) is 48.4 Å². The Balaban J connectivity index is 1.06. The molecule has 4 aromatic rings. The minimum absolute atomic E-state index is 0.176. The first-order valence-electron chi connectivity index (χ1n) is 16.4. The van der Waals surface area contributed by atoms with Crippen LogP contribution in [0.4, 0.5) is 20.7 Å². The van der Waals surface area contributed by atoms with Crippen molar-refractivity contribution in [2.24, 2.45) is 5.92 Å². The fraction of sp³-hybridized carbons (Fsp3) is 0.395. The SMILES string of the molecule is Cc1ccc(-n2nc(C(C)(C)C)cc2NC(=O)Nc2cccc(CC3CC4CCC(C3)N4C(=O)CCc3ccc(F)cc3)c2)cc1. The van der Waals surface area contributed by atoms with Crippen molar-refractivity contribution in [2.45, 2.75) is 90.1 Å². The number of benzene rings is 3. The van der Waals surface area contributed by atoms with E-state index in [1.807, 2.05) is 49.4 Å². The lowest BCUT2D eigenvalue weighted by atomic mass is 9.85. The van der Waals surface area contributed by atoms with Gasteiger partial charge < -0.3 is 10.2 Å². The number of fused-ring (bicyclic) bond motifs is 2. The molecule has 3 aromatic carbocycles. The van der Waals surface area contributed by atoms with Crippen molar-refractivity contribution in [3.8, 4) is 5.69 Å². The maximum atomic E-state index is 13.2. The number of aryl methyl sites for hydroxylation is 2. The molecule has 2 N–H and O–H groups in total. The van der Waals surface area contributed by atoms with Gasteiger partial charge in [-0.25, -0.2) is 13.9 Å². The van der Waals surface area contributed by atoms with Gasteiger partial charge in [0, 0.05) is 35.7 Å². The molecule has 0 aliphatic carbocycles. The third kappa shape index (κ3) is 7.33. The summed E-state index contributed by atoms with van der Waals surface area (Å²) in [5, 5.41) is 10.9. The number of hydrogen-bond acceptors (Lipinski definition) is 3. The van der Waals surface area contributed by atoms with Crippen LogP contribution < -0.4 is 10.6 Å². The molecule has 2 bridgehead atoms. The quantitative estimate of drug-likeness (QED) is 0.208. The van der Waals surface area contributed by atoms with Gasteiger partial charge in [0.2, 0.25) is 5.91 Å². The van der Waals surface area contributed by atoms with Crippen LogP contribution in [0.2, 0.25) is 0 Å². The summed E-state index contributed by atoms with van der Waals surface area (Å²) in [5.41, 5.74) is 5.66. The van der Waals surface area contributed by atoms with Gasteiger partial charge in [-0.2, -0.15) is 5.10 Å². The molecule has 7 nitrogen and oxygen atoms in total. The van der Waals surface area contributed by atoms with Crippen LogP contribution in [-0.4, -0.2) is 38.7 Å². The van der Waals surface area contributed by atoms with Gasteiger partial charge in [0.25, 0.3) is 0 Å². The molecule has 2 atom stereocenters. The molecular formula is C38H44FN5O2. The Morgan fingerprint density at radius 2 is 1.59 bits per heavy atom. The molecule has 0 saturated carbocycles. The van der Waals surface area contributed by atoms with E-state index < -0.39 is 0 Å². The molecule has 8 heteroatoms. The van der Waals surface area contributed by atoms with Gasteiger partial charge in [-0.1, -0.05) is 62.7 Å². The molecule has 2 aliphatic rings. The zero-order chi connectivity index (χ0) is 32.4. The lowest BCUT2D eigenvalue weighted by molar-refractivity contribution is -0.136. The Kier molecular flexibility index (Phi) is 8.98. The predicted octanol–water partition coefficient (Wildman–Crippen LogP) is 8.21. The Morgan fingerprint density at radius 1 is 0.891 bits per heavy atom. The number of carbonyl (C=O) groups is 2. The summed E-state index contributed by atoms with van der Waals surface area (Å²) < 4.78 is 15.0. The lowest BCUT2D eigenvalue weighted by Crippen LogP contribution is -2.47. The average Bonchev–Trinajstić information content (AvgIpc) is 3.55. The van der Waals surface area contributed by atoms with Crippen molar-refractivity contribution in [2.75, 3.05) is 10.6 Å². The number of nitrogens with zero attached hydrogens (tertiary/aromatic N) is 3. The van der Waals surface area contributed by atoms with Gasteiger partial charge in [0.1, 0.15) is 11.6 Å². The van der Waals surface area contributed by atoms with E-state index in [0.29, 0.717) is 24.6 Å². The van der Waals surface area contributed by atoms with E-state index >= 15 is 0 Å². The number of rotatable bonds is 8. The second-order valence-corrected chi connectivity index (χ2v) is 14.0. The summed E-state index contributed by atoms with van der Waals surface area (Å²) >= 11 is 0. The van der Waals surface area contributed by atoms with Crippen molar-refractivity contribution in [3.05, 3.63) is 107 Å². The van der Waals surface area contributed by atoms with Crippen molar-refractivity contribution in [1.29, 1.82) is 0 Å². The molecule has 2 fully saturated rings. The van der Waals surface area contributed by atoms with Gasteiger partial charge in [0.05, 0.1) is 11.4 Å². The van der Waals surface area contributed by atoms with Crippen LogP contribution >= 0.6 is 0 Å². The summed E-state index contributed by atoms with van der Waals surface area (Å²) in [6.07, 6.45) is 6.12. The standard InChI is InChI=1S/C38H44FN5O2/c1-25-8-15-31(16-9-25)44-35(24-34(42-44)38(2,3)4)41-37(46)40-30-7-5-6-27(21-30)20-28-22-32-17-18-33(23-28)43(32)36(45)19-12-26-10-13-29(39)14-11-26/h5-11,13-16,21,24,28,32-33H,12,17-20,22-23H2,1-4H3,(H2,40,41,46). The Labute approximate surface area is 271 Å². The number of piperidine rings is 1. The first kappa shape index (κ1) is 31.5. The molecular weight excluding hydrogens is 577 g/mol. The Hall–Kier alpha value is -4.46. The number of amides is 3. The van der Waals surface area contributed by atoms with Crippen LogP contribution in [-0.2, 0) is 23.1 Å². The molecule has 2 saturated heterocycles. The van der Waals surface area contributed by atoms with E-state index in [-0.39, 0.29) is 35.3 Å². The fourth-order valence-corrected chi connectivity index (χ4v) is 7.00. The van der Waals surface area contributed by atoms with Crippen molar-refractivity contribution in [3.63, 3.8) is 0 Å². The summed E-state index contributed by atoms with van der Waals surface area (Å²) in [6, 6.07) is 24.8. The molecule has 6 rings (SSSR count). The largest absolute Gasteiger partial charge is 0.337 e. The van der Waals surface area contributed by atoms with E-state index in [0.717, 1.165) is 60.3 Å². The van der Waals surface area contributed by atoms with Gasteiger partial charge >= 0.3 is 6.03 Å². The second kappa shape index (κ2) is 13.1. The summed E-state index contributed by atoms with van der Waals surface area (Å²) in [7, 11) is 0. The minimum atomic E-state index is -0.323. The first-order valence-corrected chi connectivity index (χ1v) is 16.4. The molecule has 2 unspecified atom stereocenters. The fourth-order valence-electron chi connectivity index (χ4n) is 7.00. The van der Waals surface area contributed by atoms with Crippen molar-refractivity contribution >= 4 is 23.4 Å². The summed E-state index contributed by atoms with van der Waals surface area (Å²) in [6.45, 7) is 8.36. The highest BCUT2D eigenvalue weighted by Gasteiger charge is 2.42. The normalized spacial score (nSPS) is 19.2. The zero-order valence-electron chi connectivity index (χ0n) is 27.2. The third-order valence-corrected chi connectivity index (χ3v) is 9.37. The lowest BCUT2D eigenvalue weighted by Gasteiger charge is -2.39. The molecule has 2 aliphatic heterocycles. The summed E-state index contributed by atoms with van der Waals surface area (Å²) in [5.74, 6) is 1.06. The number of carbonyl (C=O) groups excluding carboxylic acids is 2. The average molecular weight is 622 g/mol. The topological polar surface area (TPSA) is 79.3 Å². The Morgan fingerprint density at radius 3 is 2.26 bits per heavy atom. The molecule has 3 heterocycles. The van der Waals surface area contributed by atoms with E-state index in [1.165, 1.54) is 17.7 Å². The molecule has 46 heavy (non-hydrogen) atoms. The number of hydrogen-bond donors (Lipinski definition) is 2. The van der Waals surface area contributed by atoms with E-state index in [1.54, 1.807) is 16.8 Å². The maximum absolute atomic E-state index is 13.2. The highest BCUT2D eigenvalue weighted by atomic mass is 19.1. The van der Waals surface area contributed by atoms with Crippen LogP contribution in [0, 0.1) is 18.7 Å². The highest BCUT2D eigenvalue weighted by molar-refractivity contribution is 5.99. The minimum Gasteiger partial charge on any atom is -0.337 e. The number of nitrogens with one attached hydrogen (secondary N) is 2. The molecule has 3 amide bonds. The number of aromatic nitrogens is 2. The molecule has 0 radical (unpaired) electrons. The summed E-state index contributed by atoms with van der Waals surface area (Å²) in [4.78, 5) is 28.6. The second-order valence-electron chi connectivity index (χ2n) is 14.0. The van der Waals surface area contributed by atoms with Crippen molar-refractivity contribution < 1.29 is 14.0 Å². The van der Waals surface area contributed by atoms with Crippen molar-refractivity contribution in [1.82, 2.24) is 14.7 Å². The van der Waals surface area contributed by atoms with Crippen LogP contribution in [0.3, 0.4) is 0 Å². The predicted molar refractivity (Wildman–Crippen MR) is 181 cm³/mol. The van der Waals surface area contributed by atoms with Gasteiger partial charge in [-0.05, 0) is 98.9 Å². The van der Waals surface area contributed by atoms with E-state index in [4.69, 9.17) is 5.10 Å². The van der Waals surface area contributed by atoms with E-state index in [9.17, 15) is 14.0 Å². The van der Waals surface area contributed by atoms with Gasteiger partial charge in [0.15, 0.2) is 0 Å². The number of halogens is 1. The van der Waals surface area contributed by atoms with Crippen LogP contribution in [0.5, 0.6) is 0 Å². The monoisotopic (exact) mass is 621 g/mol. The maximum Gasteiger partial charge on any atom is 0.324 e. The number of urea groups is 1.